The van der Waals surface area contributed by atoms with Gasteiger partial charge in [-0.3, -0.25) is 4.29 Å². The summed E-state index contributed by atoms with van der Waals surface area (Å²) >= 11 is 5.15. The van der Waals surface area contributed by atoms with E-state index in [1.54, 1.807) is 0 Å². The molecule has 0 aliphatic rings. The lowest BCUT2D eigenvalue weighted by Gasteiger charge is -2.13. The SMILES string of the molecule is N#Cc1nc(-c2ccc(F)cc2)c(-c2ccc(F)cc2)nc1OCCOCl. The lowest BCUT2D eigenvalue weighted by Crippen LogP contribution is -2.08. The third-order valence-corrected chi connectivity index (χ3v) is 3.76. The predicted molar refractivity (Wildman–Crippen MR) is 94.8 cm³/mol. The number of ether oxygens (including phenoxy) is 1. The van der Waals surface area contributed by atoms with Gasteiger partial charge >= 0.3 is 0 Å². The van der Waals surface area contributed by atoms with Crippen LogP contribution in [-0.4, -0.2) is 23.2 Å². The monoisotopic (exact) mass is 387 g/mol. The van der Waals surface area contributed by atoms with Crippen LogP contribution < -0.4 is 4.74 Å². The molecule has 1 aromatic heterocycles. The third kappa shape index (κ3) is 4.37. The molecule has 8 heteroatoms. The highest BCUT2D eigenvalue weighted by Crippen LogP contribution is 2.32. The predicted octanol–water partition coefficient (Wildman–Crippen LogP) is 4.51. The summed E-state index contributed by atoms with van der Waals surface area (Å²) in [6, 6.07) is 13.2. The average molecular weight is 388 g/mol. The van der Waals surface area contributed by atoms with Crippen LogP contribution in [0.2, 0.25) is 0 Å². The third-order valence-electron chi connectivity index (χ3n) is 3.60. The van der Waals surface area contributed by atoms with Gasteiger partial charge in [0.25, 0.3) is 5.88 Å². The molecule has 3 rings (SSSR count). The molecule has 0 radical (unpaired) electrons. The summed E-state index contributed by atoms with van der Waals surface area (Å²) in [5, 5.41) is 9.39. The van der Waals surface area contributed by atoms with E-state index in [2.05, 4.69) is 14.3 Å². The molecular weight excluding hydrogens is 376 g/mol. The number of benzene rings is 2. The van der Waals surface area contributed by atoms with E-state index in [0.29, 0.717) is 22.5 Å². The van der Waals surface area contributed by atoms with Gasteiger partial charge in [-0.25, -0.2) is 18.7 Å². The molecule has 3 aromatic rings. The van der Waals surface area contributed by atoms with Gasteiger partial charge in [0.2, 0.25) is 5.69 Å². The molecule has 5 nitrogen and oxygen atoms in total. The van der Waals surface area contributed by atoms with E-state index in [4.69, 9.17) is 16.6 Å². The van der Waals surface area contributed by atoms with Crippen molar-refractivity contribution in [2.75, 3.05) is 13.2 Å². The summed E-state index contributed by atoms with van der Waals surface area (Å²) in [4.78, 5) is 8.72. The second-order valence-corrected chi connectivity index (χ2v) is 5.58. The van der Waals surface area contributed by atoms with Gasteiger partial charge in [-0.15, -0.1) is 0 Å². The summed E-state index contributed by atoms with van der Waals surface area (Å²) in [6.07, 6.45) is 0. The zero-order valence-electron chi connectivity index (χ0n) is 13.8. The van der Waals surface area contributed by atoms with Crippen molar-refractivity contribution in [2.24, 2.45) is 0 Å². The standard InChI is InChI=1S/C19H12ClF2N3O2/c20-27-10-9-26-19-16(11-23)24-17(12-1-5-14(21)6-2-12)18(25-19)13-3-7-15(22)8-4-13/h1-8H,9-10H2. The largest absolute Gasteiger partial charge is 0.473 e. The first kappa shape index (κ1) is 18.7. The zero-order valence-corrected chi connectivity index (χ0v) is 14.6. The summed E-state index contributed by atoms with van der Waals surface area (Å²) < 4.78 is 36.4. The Hall–Kier alpha value is -3.08. The molecule has 0 saturated heterocycles. The van der Waals surface area contributed by atoms with E-state index in [1.165, 1.54) is 48.5 Å². The Morgan fingerprint density at radius 3 is 1.85 bits per heavy atom. The van der Waals surface area contributed by atoms with Crippen molar-refractivity contribution in [1.82, 2.24) is 9.97 Å². The van der Waals surface area contributed by atoms with Crippen LogP contribution in [0.25, 0.3) is 22.5 Å². The maximum atomic E-state index is 13.3. The van der Waals surface area contributed by atoms with E-state index in [9.17, 15) is 14.0 Å². The molecule has 0 aliphatic carbocycles. The maximum absolute atomic E-state index is 13.3. The van der Waals surface area contributed by atoms with E-state index in [1.807, 2.05) is 6.07 Å². The normalized spacial score (nSPS) is 10.4. The highest BCUT2D eigenvalue weighted by Gasteiger charge is 2.18. The Morgan fingerprint density at radius 2 is 1.37 bits per heavy atom. The van der Waals surface area contributed by atoms with E-state index in [0.717, 1.165) is 0 Å². The quantitative estimate of drug-likeness (QED) is 0.582. The molecule has 0 fully saturated rings. The van der Waals surface area contributed by atoms with Gasteiger partial charge < -0.3 is 4.74 Å². The molecule has 1 heterocycles. The van der Waals surface area contributed by atoms with Gasteiger partial charge in [0.1, 0.15) is 36.6 Å². The number of nitriles is 1. The van der Waals surface area contributed by atoms with Gasteiger partial charge in [0.05, 0.1) is 17.6 Å². The molecule has 27 heavy (non-hydrogen) atoms. The minimum Gasteiger partial charge on any atom is -0.473 e. The molecule has 136 valence electrons. The van der Waals surface area contributed by atoms with Crippen LogP contribution in [-0.2, 0) is 4.29 Å². The molecule has 0 N–H and O–H groups in total. The number of aromatic nitrogens is 2. The van der Waals surface area contributed by atoms with Crippen LogP contribution in [0, 0.1) is 23.0 Å². The van der Waals surface area contributed by atoms with Crippen LogP contribution in [0.3, 0.4) is 0 Å². The van der Waals surface area contributed by atoms with Crippen molar-refractivity contribution in [1.29, 1.82) is 5.26 Å². The number of halogens is 3. The van der Waals surface area contributed by atoms with E-state index < -0.39 is 11.6 Å². The number of nitrogens with zero attached hydrogens (tertiary/aromatic N) is 3. The molecule has 0 amide bonds. The Labute approximate surface area is 159 Å². The fraction of sp³-hybridized carbons (Fsp3) is 0.105. The Balaban J connectivity index is 2.16. The fourth-order valence-electron chi connectivity index (χ4n) is 2.38. The molecule has 2 aromatic carbocycles. The second kappa shape index (κ2) is 8.54. The van der Waals surface area contributed by atoms with Crippen molar-refractivity contribution >= 4 is 11.9 Å². The molecule has 0 bridgehead atoms. The summed E-state index contributed by atoms with van der Waals surface area (Å²) in [5.74, 6) is -0.813. The molecule has 0 spiro atoms. The number of rotatable bonds is 6. The Kier molecular flexibility index (Phi) is 5.91. The van der Waals surface area contributed by atoms with Gasteiger partial charge in [0.15, 0.2) is 0 Å². The summed E-state index contributed by atoms with van der Waals surface area (Å²) in [7, 11) is 0. The van der Waals surface area contributed by atoms with Crippen LogP contribution in [0.1, 0.15) is 5.69 Å². The van der Waals surface area contributed by atoms with E-state index in [-0.39, 0.29) is 24.8 Å². The molecular formula is C19H12ClF2N3O2. The molecule has 0 saturated carbocycles. The van der Waals surface area contributed by atoms with Crippen LogP contribution in [0.5, 0.6) is 5.88 Å². The first-order valence-electron chi connectivity index (χ1n) is 7.82. The van der Waals surface area contributed by atoms with Crippen LogP contribution >= 0.6 is 11.9 Å². The smallest absolute Gasteiger partial charge is 0.251 e. The highest BCUT2D eigenvalue weighted by molar-refractivity contribution is 6.07. The minimum absolute atomic E-state index is 0.00333. The zero-order chi connectivity index (χ0) is 19.2. The van der Waals surface area contributed by atoms with Gasteiger partial charge in [-0.1, -0.05) is 0 Å². The molecule has 0 aliphatic heterocycles. The van der Waals surface area contributed by atoms with Crippen molar-refractivity contribution in [3.63, 3.8) is 0 Å². The van der Waals surface area contributed by atoms with Crippen LogP contribution in [0.4, 0.5) is 8.78 Å². The molecule has 0 unspecified atom stereocenters. The fourth-order valence-corrected chi connectivity index (χ4v) is 2.44. The minimum atomic E-state index is -0.406. The first-order valence-corrected chi connectivity index (χ1v) is 8.13. The van der Waals surface area contributed by atoms with E-state index >= 15 is 0 Å². The Morgan fingerprint density at radius 1 is 0.852 bits per heavy atom. The average Bonchev–Trinajstić information content (AvgIpc) is 2.69. The van der Waals surface area contributed by atoms with Crippen molar-refractivity contribution in [3.05, 3.63) is 65.9 Å². The first-order chi connectivity index (χ1) is 13.1. The van der Waals surface area contributed by atoms with Crippen molar-refractivity contribution in [2.45, 2.75) is 0 Å². The highest BCUT2D eigenvalue weighted by atomic mass is 35.5. The lowest BCUT2D eigenvalue weighted by molar-refractivity contribution is 0.223. The number of hydrogen-bond donors (Lipinski definition) is 0. The van der Waals surface area contributed by atoms with Crippen LogP contribution in [0.15, 0.2) is 48.5 Å². The van der Waals surface area contributed by atoms with Crippen molar-refractivity contribution in [3.8, 4) is 34.5 Å². The van der Waals surface area contributed by atoms with Gasteiger partial charge in [-0.2, -0.15) is 5.26 Å². The lowest BCUT2D eigenvalue weighted by atomic mass is 10.0. The topological polar surface area (TPSA) is 68.0 Å². The maximum Gasteiger partial charge on any atom is 0.251 e. The molecule has 0 atom stereocenters. The summed E-state index contributed by atoms with van der Waals surface area (Å²) in [5.41, 5.74) is 1.78. The van der Waals surface area contributed by atoms with Crippen molar-refractivity contribution < 1.29 is 17.8 Å². The Bertz CT molecular complexity index is 974. The second-order valence-electron chi connectivity index (χ2n) is 5.36. The summed E-state index contributed by atoms with van der Waals surface area (Å²) in [6.45, 7) is 0.144. The number of hydrogen-bond acceptors (Lipinski definition) is 5. The van der Waals surface area contributed by atoms with Gasteiger partial charge in [-0.05, 0) is 48.5 Å². The van der Waals surface area contributed by atoms with Gasteiger partial charge in [0, 0.05) is 11.1 Å².